The molecule has 1 atom stereocenters. The Hall–Kier alpha value is -1.16. The topological polar surface area (TPSA) is 48.1 Å². The number of hydrogen-bond acceptors (Lipinski definition) is 3. The molecule has 1 unspecified atom stereocenters. The Labute approximate surface area is 102 Å². The lowest BCUT2D eigenvalue weighted by Gasteiger charge is -2.12. The second-order valence-electron chi connectivity index (χ2n) is 3.95. The number of nitrogens with zero attached hydrogens (tertiary/aromatic N) is 1. The monoisotopic (exact) mass is 238 g/mol. The van der Waals surface area contributed by atoms with E-state index >= 15 is 0 Å². The summed E-state index contributed by atoms with van der Waals surface area (Å²) in [6, 6.07) is 3.60. The first-order valence-corrected chi connectivity index (χ1v) is 5.93. The van der Waals surface area contributed by atoms with Crippen LogP contribution in [0.25, 0.3) is 0 Å². The number of rotatable bonds is 6. The molecule has 1 rings (SSSR count). The summed E-state index contributed by atoms with van der Waals surface area (Å²) in [5.74, 6) is 1.34. The van der Waals surface area contributed by atoms with Gasteiger partial charge in [0.2, 0.25) is 0 Å². The molecule has 0 saturated carbocycles. The summed E-state index contributed by atoms with van der Waals surface area (Å²) in [4.78, 5) is 4.35. The minimum Gasteiger partial charge on any atom is -0.493 e. The van der Waals surface area contributed by atoms with Crippen LogP contribution in [0.3, 0.4) is 0 Å². The standard InChI is InChI=1S/C12H18N2OS/c1-3-4-9(2)8-15-10-5-6-14-11(7-10)12(13)16/h5-7,9H,3-4,8H2,1-2H3,(H2,13,16). The van der Waals surface area contributed by atoms with Gasteiger partial charge in [-0.25, -0.2) is 0 Å². The highest BCUT2D eigenvalue weighted by atomic mass is 32.1. The molecule has 0 bridgehead atoms. The molecule has 0 aliphatic rings. The average Bonchev–Trinajstić information content (AvgIpc) is 2.27. The highest BCUT2D eigenvalue weighted by molar-refractivity contribution is 7.80. The van der Waals surface area contributed by atoms with Gasteiger partial charge in [0.05, 0.1) is 6.61 Å². The quantitative estimate of drug-likeness (QED) is 0.774. The predicted octanol–water partition coefficient (Wildman–Crippen LogP) is 2.53. The fourth-order valence-electron chi connectivity index (χ4n) is 1.45. The van der Waals surface area contributed by atoms with E-state index in [9.17, 15) is 0 Å². The van der Waals surface area contributed by atoms with Crippen LogP contribution in [0, 0.1) is 5.92 Å². The van der Waals surface area contributed by atoms with E-state index in [0.717, 1.165) is 5.75 Å². The van der Waals surface area contributed by atoms with Crippen molar-refractivity contribution in [2.45, 2.75) is 26.7 Å². The number of aromatic nitrogens is 1. The summed E-state index contributed by atoms with van der Waals surface area (Å²) in [6.45, 7) is 5.07. The first-order valence-electron chi connectivity index (χ1n) is 5.52. The average molecular weight is 238 g/mol. The Morgan fingerprint density at radius 3 is 3.00 bits per heavy atom. The Kier molecular flexibility index (Phi) is 5.19. The van der Waals surface area contributed by atoms with Gasteiger partial charge in [-0.05, 0) is 18.4 Å². The van der Waals surface area contributed by atoms with Crippen molar-refractivity contribution in [3.63, 3.8) is 0 Å². The van der Waals surface area contributed by atoms with Crippen molar-refractivity contribution in [3.05, 3.63) is 24.0 Å². The number of ether oxygens (including phenoxy) is 1. The molecule has 1 aromatic heterocycles. The molecule has 3 nitrogen and oxygen atoms in total. The Morgan fingerprint density at radius 2 is 2.38 bits per heavy atom. The SMILES string of the molecule is CCCC(C)COc1ccnc(C(N)=S)c1. The van der Waals surface area contributed by atoms with Gasteiger partial charge in [-0.2, -0.15) is 0 Å². The molecular weight excluding hydrogens is 220 g/mol. The third-order valence-corrected chi connectivity index (χ3v) is 2.51. The number of thiocarbonyl (C=S) groups is 1. The lowest BCUT2D eigenvalue weighted by molar-refractivity contribution is 0.251. The lowest BCUT2D eigenvalue weighted by atomic mass is 10.1. The minimum atomic E-state index is 0.298. The zero-order valence-electron chi connectivity index (χ0n) is 9.77. The van der Waals surface area contributed by atoms with Crippen molar-refractivity contribution >= 4 is 17.2 Å². The maximum atomic E-state index is 5.66. The van der Waals surface area contributed by atoms with Crippen LogP contribution in [-0.2, 0) is 0 Å². The second kappa shape index (κ2) is 6.43. The van der Waals surface area contributed by atoms with Gasteiger partial charge >= 0.3 is 0 Å². The Bertz CT molecular complexity index is 355. The van der Waals surface area contributed by atoms with Crippen molar-refractivity contribution in [1.82, 2.24) is 4.98 Å². The van der Waals surface area contributed by atoms with Gasteiger partial charge in [0, 0.05) is 12.3 Å². The van der Waals surface area contributed by atoms with E-state index in [4.69, 9.17) is 22.7 Å². The van der Waals surface area contributed by atoms with E-state index in [0.29, 0.717) is 23.2 Å². The van der Waals surface area contributed by atoms with Gasteiger partial charge in [-0.3, -0.25) is 4.98 Å². The summed E-state index contributed by atoms with van der Waals surface area (Å²) in [5, 5.41) is 0. The maximum Gasteiger partial charge on any atom is 0.123 e. The fraction of sp³-hybridized carbons (Fsp3) is 0.500. The van der Waals surface area contributed by atoms with Gasteiger partial charge in [-0.15, -0.1) is 0 Å². The zero-order chi connectivity index (χ0) is 12.0. The van der Waals surface area contributed by atoms with Crippen LogP contribution in [0.5, 0.6) is 5.75 Å². The van der Waals surface area contributed by atoms with Crippen LogP contribution in [0.15, 0.2) is 18.3 Å². The Morgan fingerprint density at radius 1 is 1.62 bits per heavy atom. The molecular formula is C12H18N2OS. The summed E-state index contributed by atoms with van der Waals surface area (Å²) in [5.41, 5.74) is 6.11. The van der Waals surface area contributed by atoms with E-state index < -0.39 is 0 Å². The zero-order valence-corrected chi connectivity index (χ0v) is 10.6. The third kappa shape index (κ3) is 4.14. The van der Waals surface area contributed by atoms with Crippen LogP contribution < -0.4 is 10.5 Å². The molecule has 2 N–H and O–H groups in total. The molecule has 1 aromatic rings. The molecule has 0 spiro atoms. The second-order valence-corrected chi connectivity index (χ2v) is 4.39. The first-order chi connectivity index (χ1) is 7.63. The fourth-order valence-corrected chi connectivity index (χ4v) is 1.56. The van der Waals surface area contributed by atoms with Crippen LogP contribution in [-0.4, -0.2) is 16.6 Å². The molecule has 0 aromatic carbocycles. The highest BCUT2D eigenvalue weighted by Crippen LogP contribution is 2.13. The van der Waals surface area contributed by atoms with Crippen LogP contribution in [0.2, 0.25) is 0 Å². The third-order valence-electron chi connectivity index (χ3n) is 2.30. The minimum absolute atomic E-state index is 0.298. The summed E-state index contributed by atoms with van der Waals surface area (Å²) in [6.07, 6.45) is 4.01. The maximum absolute atomic E-state index is 5.66. The summed E-state index contributed by atoms with van der Waals surface area (Å²) < 4.78 is 5.66. The predicted molar refractivity (Wildman–Crippen MR) is 69.7 cm³/mol. The van der Waals surface area contributed by atoms with E-state index in [2.05, 4.69) is 18.8 Å². The number of pyridine rings is 1. The van der Waals surface area contributed by atoms with Crippen molar-refractivity contribution < 1.29 is 4.74 Å². The van der Waals surface area contributed by atoms with Gasteiger partial charge < -0.3 is 10.5 Å². The van der Waals surface area contributed by atoms with Crippen molar-refractivity contribution in [3.8, 4) is 5.75 Å². The van der Waals surface area contributed by atoms with Crippen molar-refractivity contribution in [2.75, 3.05) is 6.61 Å². The van der Waals surface area contributed by atoms with Crippen molar-refractivity contribution in [2.24, 2.45) is 11.7 Å². The van der Waals surface area contributed by atoms with Gasteiger partial charge in [-0.1, -0.05) is 32.5 Å². The van der Waals surface area contributed by atoms with E-state index in [-0.39, 0.29) is 0 Å². The molecule has 0 amide bonds. The molecule has 0 saturated heterocycles. The van der Waals surface area contributed by atoms with Crippen molar-refractivity contribution in [1.29, 1.82) is 0 Å². The van der Waals surface area contributed by atoms with E-state index in [1.807, 2.05) is 6.07 Å². The van der Waals surface area contributed by atoms with Gasteiger partial charge in [0.15, 0.2) is 0 Å². The van der Waals surface area contributed by atoms with E-state index in [1.54, 1.807) is 12.3 Å². The molecule has 4 heteroatoms. The van der Waals surface area contributed by atoms with E-state index in [1.165, 1.54) is 12.8 Å². The lowest BCUT2D eigenvalue weighted by Crippen LogP contribution is -2.12. The van der Waals surface area contributed by atoms with Gasteiger partial charge in [0.25, 0.3) is 0 Å². The summed E-state index contributed by atoms with van der Waals surface area (Å²) in [7, 11) is 0. The molecule has 0 aliphatic heterocycles. The normalized spacial score (nSPS) is 12.1. The highest BCUT2D eigenvalue weighted by Gasteiger charge is 2.04. The molecule has 88 valence electrons. The van der Waals surface area contributed by atoms with Gasteiger partial charge in [0.1, 0.15) is 16.4 Å². The number of hydrogen-bond donors (Lipinski definition) is 1. The number of nitrogens with two attached hydrogens (primary N) is 1. The molecule has 0 fully saturated rings. The van der Waals surface area contributed by atoms with Crippen LogP contribution in [0.4, 0.5) is 0 Å². The molecule has 0 aliphatic carbocycles. The molecule has 16 heavy (non-hydrogen) atoms. The smallest absolute Gasteiger partial charge is 0.123 e. The molecule has 0 radical (unpaired) electrons. The largest absolute Gasteiger partial charge is 0.493 e. The molecule has 1 heterocycles. The van der Waals surface area contributed by atoms with Crippen LogP contribution >= 0.6 is 12.2 Å². The Balaban J connectivity index is 2.54. The first kappa shape index (κ1) is 12.9. The van der Waals surface area contributed by atoms with Crippen LogP contribution in [0.1, 0.15) is 32.4 Å². The summed E-state index contributed by atoms with van der Waals surface area (Å²) >= 11 is 4.86.